The van der Waals surface area contributed by atoms with Crippen molar-refractivity contribution < 1.29 is 9.53 Å². The fourth-order valence-electron chi connectivity index (χ4n) is 2.46. The maximum Gasteiger partial charge on any atom is 0.410 e. The van der Waals surface area contributed by atoms with Crippen molar-refractivity contribution in [1.29, 1.82) is 0 Å². The van der Waals surface area contributed by atoms with Gasteiger partial charge in [0.2, 0.25) is 0 Å². The van der Waals surface area contributed by atoms with Crippen molar-refractivity contribution in [3.8, 4) is 0 Å². The fourth-order valence-corrected chi connectivity index (χ4v) is 2.86. The van der Waals surface area contributed by atoms with E-state index >= 15 is 0 Å². The van der Waals surface area contributed by atoms with Crippen molar-refractivity contribution in [1.82, 2.24) is 10.2 Å². The molecule has 1 amide bonds. The van der Waals surface area contributed by atoms with E-state index in [9.17, 15) is 4.79 Å². The van der Waals surface area contributed by atoms with Crippen LogP contribution in [0.2, 0.25) is 10.0 Å². The number of benzene rings is 1. The maximum atomic E-state index is 12.4. The first-order valence-corrected chi connectivity index (χ1v) is 8.17. The van der Waals surface area contributed by atoms with Crippen molar-refractivity contribution in [2.75, 3.05) is 19.6 Å². The number of nitrogens with zero attached hydrogens (tertiary/aromatic N) is 1. The van der Waals surface area contributed by atoms with Crippen LogP contribution in [0.15, 0.2) is 18.2 Å². The Morgan fingerprint density at radius 3 is 2.82 bits per heavy atom. The standard InChI is InChI=1S/C16H22Cl2N2O2/c1-16(2,3)22-15(21)20-8-7-19-10-12(20)9-11-5-4-6-13(17)14(11)18/h4-6,12,19H,7-10H2,1-3H3/t12-/m1/s1. The van der Waals surface area contributed by atoms with Crippen molar-refractivity contribution in [2.45, 2.75) is 38.8 Å². The highest BCUT2D eigenvalue weighted by atomic mass is 35.5. The van der Waals surface area contributed by atoms with Crippen molar-refractivity contribution in [2.24, 2.45) is 0 Å². The Labute approximate surface area is 141 Å². The molecule has 1 N–H and O–H groups in total. The lowest BCUT2D eigenvalue weighted by Gasteiger charge is -2.37. The van der Waals surface area contributed by atoms with Gasteiger partial charge in [0.05, 0.1) is 16.1 Å². The molecule has 1 fully saturated rings. The molecular formula is C16H22Cl2N2O2. The van der Waals surface area contributed by atoms with Gasteiger partial charge < -0.3 is 15.0 Å². The minimum atomic E-state index is -0.500. The van der Waals surface area contributed by atoms with Gasteiger partial charge in [-0.1, -0.05) is 35.3 Å². The minimum Gasteiger partial charge on any atom is -0.444 e. The zero-order valence-corrected chi connectivity index (χ0v) is 14.7. The predicted octanol–water partition coefficient (Wildman–Crippen LogP) is 3.74. The van der Waals surface area contributed by atoms with Crippen LogP contribution in [0.4, 0.5) is 4.79 Å². The molecule has 6 heteroatoms. The topological polar surface area (TPSA) is 41.6 Å². The Hall–Kier alpha value is -0.970. The molecule has 0 radical (unpaired) electrons. The van der Waals surface area contributed by atoms with E-state index in [2.05, 4.69) is 5.32 Å². The first-order chi connectivity index (χ1) is 10.3. The summed E-state index contributed by atoms with van der Waals surface area (Å²) in [6.07, 6.45) is 0.364. The number of carbonyl (C=O) groups excluding carboxylic acids is 1. The minimum absolute atomic E-state index is 0.000401. The molecule has 0 spiro atoms. The van der Waals surface area contributed by atoms with Crippen molar-refractivity contribution >= 4 is 29.3 Å². The second-order valence-electron chi connectivity index (χ2n) is 6.45. The summed E-state index contributed by atoms with van der Waals surface area (Å²) in [5, 5.41) is 4.40. The van der Waals surface area contributed by atoms with Gasteiger partial charge >= 0.3 is 6.09 Å². The normalized spacial score (nSPS) is 19.1. The van der Waals surface area contributed by atoms with E-state index in [0.29, 0.717) is 29.6 Å². The van der Waals surface area contributed by atoms with Crippen LogP contribution in [-0.4, -0.2) is 42.3 Å². The molecule has 2 rings (SSSR count). The zero-order valence-electron chi connectivity index (χ0n) is 13.2. The van der Waals surface area contributed by atoms with E-state index in [-0.39, 0.29) is 12.1 Å². The molecule has 122 valence electrons. The van der Waals surface area contributed by atoms with E-state index in [4.69, 9.17) is 27.9 Å². The van der Waals surface area contributed by atoms with Crippen molar-refractivity contribution in [3.05, 3.63) is 33.8 Å². The summed E-state index contributed by atoms with van der Waals surface area (Å²) in [7, 11) is 0. The number of hydrogen-bond acceptors (Lipinski definition) is 3. The highest BCUT2D eigenvalue weighted by Crippen LogP contribution is 2.27. The summed E-state index contributed by atoms with van der Waals surface area (Å²) >= 11 is 12.3. The van der Waals surface area contributed by atoms with Gasteiger partial charge in [0, 0.05) is 19.6 Å². The highest BCUT2D eigenvalue weighted by molar-refractivity contribution is 6.42. The average Bonchev–Trinajstić information content (AvgIpc) is 2.42. The summed E-state index contributed by atoms with van der Waals surface area (Å²) in [6.45, 7) is 7.71. The number of carbonyl (C=O) groups is 1. The van der Waals surface area contributed by atoms with Gasteiger partial charge in [-0.05, 0) is 38.8 Å². The third-order valence-electron chi connectivity index (χ3n) is 3.47. The lowest BCUT2D eigenvalue weighted by molar-refractivity contribution is 0.0122. The largest absolute Gasteiger partial charge is 0.444 e. The molecule has 0 saturated carbocycles. The molecule has 0 aromatic heterocycles. The van der Waals surface area contributed by atoms with E-state index in [0.717, 1.165) is 12.1 Å². The molecule has 0 aliphatic carbocycles. The molecule has 1 aliphatic rings. The molecule has 1 aromatic rings. The number of nitrogens with one attached hydrogen (secondary N) is 1. The Kier molecular flexibility index (Phi) is 5.59. The monoisotopic (exact) mass is 344 g/mol. The summed E-state index contributed by atoms with van der Waals surface area (Å²) in [5.41, 5.74) is 0.441. The van der Waals surface area contributed by atoms with Gasteiger partial charge in [-0.15, -0.1) is 0 Å². The SMILES string of the molecule is CC(C)(C)OC(=O)N1CCNC[C@H]1Cc1cccc(Cl)c1Cl. The van der Waals surface area contributed by atoms with E-state index in [1.165, 1.54) is 0 Å². The molecule has 1 aliphatic heterocycles. The second kappa shape index (κ2) is 7.07. The van der Waals surface area contributed by atoms with Crippen LogP contribution in [0.1, 0.15) is 26.3 Å². The Bertz CT molecular complexity index is 543. The van der Waals surface area contributed by atoms with Crippen LogP contribution < -0.4 is 5.32 Å². The molecule has 0 bridgehead atoms. The van der Waals surface area contributed by atoms with E-state index in [1.807, 2.05) is 32.9 Å². The van der Waals surface area contributed by atoms with Crippen LogP contribution in [0.5, 0.6) is 0 Å². The quantitative estimate of drug-likeness (QED) is 0.888. The van der Waals surface area contributed by atoms with Gasteiger partial charge in [-0.3, -0.25) is 0 Å². The van der Waals surface area contributed by atoms with Gasteiger partial charge in [-0.25, -0.2) is 4.79 Å². The van der Waals surface area contributed by atoms with Gasteiger partial charge in [-0.2, -0.15) is 0 Å². The van der Waals surface area contributed by atoms with Crippen molar-refractivity contribution in [3.63, 3.8) is 0 Å². The van der Waals surface area contributed by atoms with Crippen LogP contribution >= 0.6 is 23.2 Å². The predicted molar refractivity (Wildman–Crippen MR) is 89.8 cm³/mol. The first-order valence-electron chi connectivity index (χ1n) is 7.41. The van der Waals surface area contributed by atoms with Gasteiger partial charge in [0.15, 0.2) is 0 Å². The third-order valence-corrected chi connectivity index (χ3v) is 4.32. The zero-order chi connectivity index (χ0) is 16.3. The first kappa shape index (κ1) is 17.4. The van der Waals surface area contributed by atoms with Crippen LogP contribution in [0.3, 0.4) is 0 Å². The summed E-state index contributed by atoms with van der Waals surface area (Å²) < 4.78 is 5.50. The smallest absolute Gasteiger partial charge is 0.410 e. The van der Waals surface area contributed by atoms with Crippen LogP contribution in [0.25, 0.3) is 0 Å². The Morgan fingerprint density at radius 1 is 1.41 bits per heavy atom. The molecule has 4 nitrogen and oxygen atoms in total. The summed E-state index contributed by atoms with van der Waals surface area (Å²) in [4.78, 5) is 14.2. The second-order valence-corrected chi connectivity index (χ2v) is 7.23. The average molecular weight is 345 g/mol. The van der Waals surface area contributed by atoms with E-state index in [1.54, 1.807) is 11.0 Å². The summed E-state index contributed by atoms with van der Waals surface area (Å²) in [5.74, 6) is 0. The lowest BCUT2D eigenvalue weighted by atomic mass is 10.0. The lowest BCUT2D eigenvalue weighted by Crippen LogP contribution is -2.55. The van der Waals surface area contributed by atoms with Gasteiger partial charge in [0.1, 0.15) is 5.60 Å². The Morgan fingerprint density at radius 2 is 2.14 bits per heavy atom. The number of piperazine rings is 1. The Balaban J connectivity index is 2.13. The third kappa shape index (κ3) is 4.51. The molecule has 22 heavy (non-hydrogen) atoms. The fraction of sp³-hybridized carbons (Fsp3) is 0.562. The number of halogens is 2. The van der Waals surface area contributed by atoms with Crippen LogP contribution in [0, 0.1) is 0 Å². The van der Waals surface area contributed by atoms with Crippen LogP contribution in [-0.2, 0) is 11.2 Å². The molecule has 1 heterocycles. The number of amides is 1. The molecule has 0 unspecified atom stereocenters. The van der Waals surface area contributed by atoms with E-state index < -0.39 is 5.60 Å². The maximum absolute atomic E-state index is 12.4. The summed E-state index contributed by atoms with van der Waals surface area (Å²) in [6, 6.07) is 5.57. The number of ether oxygens (including phenoxy) is 1. The van der Waals surface area contributed by atoms with Gasteiger partial charge in [0.25, 0.3) is 0 Å². The number of hydrogen-bond donors (Lipinski definition) is 1. The molecule has 1 saturated heterocycles. The molecule has 1 aromatic carbocycles. The molecule has 1 atom stereocenters. The highest BCUT2D eigenvalue weighted by Gasteiger charge is 2.30. The molecular weight excluding hydrogens is 323 g/mol. The number of rotatable bonds is 2.